The van der Waals surface area contributed by atoms with Crippen molar-refractivity contribution in [2.75, 3.05) is 7.11 Å². The molecule has 1 N–H and O–H groups in total. The van der Waals surface area contributed by atoms with Crippen molar-refractivity contribution in [3.8, 4) is 5.75 Å². The van der Waals surface area contributed by atoms with Gasteiger partial charge in [0.1, 0.15) is 11.6 Å². The van der Waals surface area contributed by atoms with Crippen LogP contribution in [-0.4, -0.2) is 7.11 Å². The number of nitrogens with one attached hydrogen (secondary N) is 1. The fourth-order valence-corrected chi connectivity index (χ4v) is 2.35. The Morgan fingerprint density at radius 1 is 1.20 bits per heavy atom. The first-order chi connectivity index (χ1) is 9.60. The highest BCUT2D eigenvalue weighted by atomic mass is 79.9. The molecule has 2 aromatic rings. The van der Waals surface area contributed by atoms with Gasteiger partial charge in [0.05, 0.1) is 7.11 Å². The maximum absolute atomic E-state index is 13.8. The zero-order valence-corrected chi connectivity index (χ0v) is 13.1. The number of rotatable bonds is 5. The van der Waals surface area contributed by atoms with E-state index in [4.69, 9.17) is 4.74 Å². The summed E-state index contributed by atoms with van der Waals surface area (Å²) in [5.74, 6) is 0.641. The van der Waals surface area contributed by atoms with Gasteiger partial charge in [-0.05, 0) is 42.8 Å². The van der Waals surface area contributed by atoms with Gasteiger partial charge in [-0.3, -0.25) is 0 Å². The topological polar surface area (TPSA) is 21.3 Å². The van der Waals surface area contributed by atoms with E-state index in [0.29, 0.717) is 12.1 Å². The van der Waals surface area contributed by atoms with Gasteiger partial charge in [-0.15, -0.1) is 0 Å². The van der Waals surface area contributed by atoms with Crippen LogP contribution in [0.4, 0.5) is 4.39 Å². The van der Waals surface area contributed by atoms with Gasteiger partial charge in [0.15, 0.2) is 0 Å². The van der Waals surface area contributed by atoms with Crippen molar-refractivity contribution in [3.05, 3.63) is 63.9 Å². The van der Waals surface area contributed by atoms with Crippen LogP contribution in [0.2, 0.25) is 0 Å². The summed E-state index contributed by atoms with van der Waals surface area (Å²) in [6, 6.07) is 12.8. The van der Waals surface area contributed by atoms with Gasteiger partial charge in [0.2, 0.25) is 0 Å². The highest BCUT2D eigenvalue weighted by molar-refractivity contribution is 9.10. The van der Waals surface area contributed by atoms with E-state index in [0.717, 1.165) is 15.8 Å². The third-order valence-electron chi connectivity index (χ3n) is 3.20. The lowest BCUT2D eigenvalue weighted by molar-refractivity contribution is 0.414. The fraction of sp³-hybridized carbons (Fsp3) is 0.250. The summed E-state index contributed by atoms with van der Waals surface area (Å²) in [6.07, 6.45) is 0. The van der Waals surface area contributed by atoms with Crippen molar-refractivity contribution in [1.29, 1.82) is 0 Å². The Labute approximate surface area is 127 Å². The summed E-state index contributed by atoms with van der Waals surface area (Å²) in [4.78, 5) is 0. The molecule has 2 aromatic carbocycles. The number of benzene rings is 2. The summed E-state index contributed by atoms with van der Waals surface area (Å²) in [5.41, 5.74) is 1.79. The highest BCUT2D eigenvalue weighted by Crippen LogP contribution is 2.22. The van der Waals surface area contributed by atoms with Crippen LogP contribution in [0.1, 0.15) is 24.1 Å². The third-order valence-corrected chi connectivity index (χ3v) is 3.69. The number of ether oxygens (including phenoxy) is 1. The SMILES string of the molecule is COc1ccc(CNC(C)c2cc(Br)ccc2F)cc1. The van der Waals surface area contributed by atoms with Crippen molar-refractivity contribution in [2.45, 2.75) is 19.5 Å². The minimum atomic E-state index is -0.192. The second kappa shape index (κ2) is 6.86. The molecule has 106 valence electrons. The van der Waals surface area contributed by atoms with Gasteiger partial charge in [-0.25, -0.2) is 4.39 Å². The van der Waals surface area contributed by atoms with Crippen LogP contribution in [0.3, 0.4) is 0 Å². The van der Waals surface area contributed by atoms with Crippen molar-refractivity contribution in [2.24, 2.45) is 0 Å². The minimum absolute atomic E-state index is 0.0606. The van der Waals surface area contributed by atoms with E-state index in [1.165, 1.54) is 6.07 Å². The number of hydrogen-bond donors (Lipinski definition) is 1. The molecule has 0 aliphatic carbocycles. The van der Waals surface area contributed by atoms with Crippen molar-refractivity contribution >= 4 is 15.9 Å². The fourth-order valence-electron chi connectivity index (χ4n) is 1.97. The minimum Gasteiger partial charge on any atom is -0.497 e. The predicted molar refractivity (Wildman–Crippen MR) is 82.3 cm³/mol. The van der Waals surface area contributed by atoms with E-state index in [1.54, 1.807) is 19.2 Å². The molecule has 0 bridgehead atoms. The first-order valence-corrected chi connectivity index (χ1v) is 7.20. The van der Waals surface area contributed by atoms with Gasteiger partial charge in [0, 0.05) is 22.6 Å². The van der Waals surface area contributed by atoms with Crippen LogP contribution in [0, 0.1) is 5.82 Å². The van der Waals surface area contributed by atoms with Crippen LogP contribution >= 0.6 is 15.9 Å². The molecule has 4 heteroatoms. The Hall–Kier alpha value is -1.39. The molecule has 0 aromatic heterocycles. The number of hydrogen-bond acceptors (Lipinski definition) is 2. The monoisotopic (exact) mass is 337 g/mol. The lowest BCUT2D eigenvalue weighted by Crippen LogP contribution is -2.19. The summed E-state index contributed by atoms with van der Waals surface area (Å²) in [6.45, 7) is 2.63. The number of halogens is 2. The van der Waals surface area contributed by atoms with E-state index in [2.05, 4.69) is 21.2 Å². The third kappa shape index (κ3) is 3.81. The molecule has 0 radical (unpaired) electrons. The van der Waals surface area contributed by atoms with Crippen molar-refractivity contribution in [1.82, 2.24) is 5.32 Å². The average Bonchev–Trinajstić information content (AvgIpc) is 2.47. The smallest absolute Gasteiger partial charge is 0.128 e. The molecule has 0 spiro atoms. The molecule has 0 saturated heterocycles. The van der Waals surface area contributed by atoms with Crippen LogP contribution in [0.25, 0.3) is 0 Å². The Morgan fingerprint density at radius 3 is 2.55 bits per heavy atom. The summed E-state index contributed by atoms with van der Waals surface area (Å²) < 4.78 is 19.8. The van der Waals surface area contributed by atoms with Gasteiger partial charge in [-0.1, -0.05) is 28.1 Å². The Morgan fingerprint density at radius 2 is 1.90 bits per heavy atom. The Kier molecular flexibility index (Phi) is 5.15. The molecule has 2 nitrogen and oxygen atoms in total. The number of methoxy groups -OCH3 is 1. The van der Waals surface area contributed by atoms with Crippen molar-refractivity contribution < 1.29 is 9.13 Å². The average molecular weight is 338 g/mol. The van der Waals surface area contributed by atoms with E-state index in [-0.39, 0.29) is 11.9 Å². The zero-order valence-electron chi connectivity index (χ0n) is 11.5. The largest absolute Gasteiger partial charge is 0.497 e. The lowest BCUT2D eigenvalue weighted by atomic mass is 10.1. The first-order valence-electron chi connectivity index (χ1n) is 6.41. The van der Waals surface area contributed by atoms with Crippen LogP contribution < -0.4 is 10.1 Å². The van der Waals surface area contributed by atoms with E-state index < -0.39 is 0 Å². The summed E-state index contributed by atoms with van der Waals surface area (Å²) in [7, 11) is 1.64. The predicted octanol–water partition coefficient (Wildman–Crippen LogP) is 4.45. The van der Waals surface area contributed by atoms with E-state index >= 15 is 0 Å². The molecule has 0 aliphatic rings. The molecular formula is C16H17BrFNO. The summed E-state index contributed by atoms with van der Waals surface area (Å²) >= 11 is 3.37. The molecular weight excluding hydrogens is 321 g/mol. The molecule has 0 heterocycles. The normalized spacial score (nSPS) is 12.2. The molecule has 0 fully saturated rings. The van der Waals surface area contributed by atoms with Crippen LogP contribution in [0.15, 0.2) is 46.9 Å². The molecule has 0 saturated carbocycles. The Balaban J connectivity index is 2.00. The molecule has 2 rings (SSSR count). The Bertz CT molecular complexity index is 571. The standard InChI is InChI=1S/C16H17BrFNO/c1-11(15-9-13(17)5-8-16(15)18)19-10-12-3-6-14(20-2)7-4-12/h3-9,11,19H,10H2,1-2H3. The molecule has 0 amide bonds. The van der Waals surface area contributed by atoms with Crippen LogP contribution in [-0.2, 0) is 6.54 Å². The summed E-state index contributed by atoms with van der Waals surface area (Å²) in [5, 5.41) is 3.32. The maximum atomic E-state index is 13.8. The molecule has 1 atom stereocenters. The maximum Gasteiger partial charge on any atom is 0.128 e. The van der Waals surface area contributed by atoms with E-state index in [9.17, 15) is 4.39 Å². The quantitative estimate of drug-likeness (QED) is 0.870. The first kappa shape index (κ1) is 15.0. The zero-order chi connectivity index (χ0) is 14.5. The lowest BCUT2D eigenvalue weighted by Gasteiger charge is -2.15. The van der Waals surface area contributed by atoms with Gasteiger partial charge in [0.25, 0.3) is 0 Å². The highest BCUT2D eigenvalue weighted by Gasteiger charge is 2.10. The molecule has 0 aliphatic heterocycles. The van der Waals surface area contributed by atoms with Crippen molar-refractivity contribution in [3.63, 3.8) is 0 Å². The van der Waals surface area contributed by atoms with Gasteiger partial charge >= 0.3 is 0 Å². The van der Waals surface area contributed by atoms with Crippen LogP contribution in [0.5, 0.6) is 5.75 Å². The van der Waals surface area contributed by atoms with E-state index in [1.807, 2.05) is 31.2 Å². The molecule has 20 heavy (non-hydrogen) atoms. The second-order valence-corrected chi connectivity index (χ2v) is 5.53. The molecule has 1 unspecified atom stereocenters. The van der Waals surface area contributed by atoms with Gasteiger partial charge < -0.3 is 10.1 Å². The second-order valence-electron chi connectivity index (χ2n) is 4.62. The van der Waals surface area contributed by atoms with Gasteiger partial charge in [-0.2, -0.15) is 0 Å².